The van der Waals surface area contributed by atoms with Crippen LogP contribution in [0.1, 0.15) is 12.6 Å². The summed E-state index contributed by atoms with van der Waals surface area (Å²) in [7, 11) is 0. The van der Waals surface area contributed by atoms with Gasteiger partial charge in [0, 0.05) is 11.9 Å². The molecule has 0 aliphatic carbocycles. The lowest BCUT2D eigenvalue weighted by Crippen LogP contribution is -1.86. The first-order valence-electron chi connectivity index (χ1n) is 4.45. The number of rotatable bonds is 2. The molecule has 0 amide bonds. The van der Waals surface area contributed by atoms with E-state index >= 15 is 0 Å². The van der Waals surface area contributed by atoms with Crippen LogP contribution in [0.5, 0.6) is 0 Å². The maximum absolute atomic E-state index is 12.6. The van der Waals surface area contributed by atoms with Gasteiger partial charge in [0.2, 0.25) is 0 Å². The average Bonchev–Trinajstić information content (AvgIpc) is 2.67. The monoisotopic (exact) mass is 191 g/mol. The standard InChI is InChI=1S/C10H10FN3/c1-2-8-6-13-10(14-8)9-4-3-7(11)5-12-9/h3-6H,2H2,1H3,(H,13,14). The van der Waals surface area contributed by atoms with Gasteiger partial charge in [-0.05, 0) is 18.6 Å². The predicted octanol–water partition coefficient (Wildman–Crippen LogP) is 2.17. The van der Waals surface area contributed by atoms with Gasteiger partial charge in [0.15, 0.2) is 5.82 Å². The van der Waals surface area contributed by atoms with E-state index in [1.165, 1.54) is 12.3 Å². The van der Waals surface area contributed by atoms with Crippen molar-refractivity contribution in [2.75, 3.05) is 0 Å². The topological polar surface area (TPSA) is 41.6 Å². The molecule has 0 aliphatic rings. The Hall–Kier alpha value is -1.71. The second-order valence-corrected chi connectivity index (χ2v) is 2.97. The van der Waals surface area contributed by atoms with Crippen molar-refractivity contribution in [3.05, 3.63) is 36.0 Å². The van der Waals surface area contributed by atoms with Crippen molar-refractivity contribution in [2.24, 2.45) is 0 Å². The molecule has 4 heteroatoms. The normalized spacial score (nSPS) is 10.4. The molecule has 0 spiro atoms. The minimum atomic E-state index is -0.337. The summed E-state index contributed by atoms with van der Waals surface area (Å²) in [5.74, 6) is 0.345. The summed E-state index contributed by atoms with van der Waals surface area (Å²) < 4.78 is 12.6. The number of hydrogen-bond donors (Lipinski definition) is 1. The Kier molecular flexibility index (Phi) is 2.26. The van der Waals surface area contributed by atoms with Gasteiger partial charge in [0.25, 0.3) is 0 Å². The van der Waals surface area contributed by atoms with Gasteiger partial charge in [-0.2, -0.15) is 0 Å². The third-order valence-corrected chi connectivity index (χ3v) is 1.98. The zero-order valence-corrected chi connectivity index (χ0v) is 7.79. The number of hydrogen-bond acceptors (Lipinski definition) is 2. The second kappa shape index (κ2) is 3.57. The van der Waals surface area contributed by atoms with Crippen molar-refractivity contribution >= 4 is 0 Å². The van der Waals surface area contributed by atoms with Crippen LogP contribution in [0, 0.1) is 5.82 Å². The molecule has 3 nitrogen and oxygen atoms in total. The first kappa shape index (κ1) is 8.87. The van der Waals surface area contributed by atoms with Gasteiger partial charge in [0.05, 0.1) is 6.20 Å². The third-order valence-electron chi connectivity index (χ3n) is 1.98. The van der Waals surface area contributed by atoms with Crippen molar-refractivity contribution < 1.29 is 4.39 Å². The predicted molar refractivity (Wildman–Crippen MR) is 51.2 cm³/mol. The van der Waals surface area contributed by atoms with E-state index in [0.717, 1.165) is 12.1 Å². The number of nitrogens with one attached hydrogen (secondary N) is 1. The fourth-order valence-electron chi connectivity index (χ4n) is 1.18. The Balaban J connectivity index is 2.34. The molecule has 0 fully saturated rings. The number of H-pyrrole nitrogens is 1. The highest BCUT2D eigenvalue weighted by Gasteiger charge is 2.03. The molecule has 72 valence electrons. The molecule has 0 radical (unpaired) electrons. The zero-order chi connectivity index (χ0) is 9.97. The van der Waals surface area contributed by atoms with Crippen molar-refractivity contribution in [1.82, 2.24) is 15.0 Å². The molecule has 0 aliphatic heterocycles. The van der Waals surface area contributed by atoms with E-state index in [2.05, 4.69) is 15.0 Å². The van der Waals surface area contributed by atoms with Gasteiger partial charge in [0.1, 0.15) is 11.5 Å². The van der Waals surface area contributed by atoms with Gasteiger partial charge in [-0.3, -0.25) is 0 Å². The van der Waals surface area contributed by atoms with Crippen LogP contribution in [0.15, 0.2) is 24.5 Å². The first-order valence-corrected chi connectivity index (χ1v) is 4.45. The van der Waals surface area contributed by atoms with Gasteiger partial charge in [-0.1, -0.05) is 6.92 Å². The largest absolute Gasteiger partial charge is 0.341 e. The van der Waals surface area contributed by atoms with Crippen LogP contribution in [-0.4, -0.2) is 15.0 Å². The minimum absolute atomic E-state index is 0.337. The number of halogens is 1. The van der Waals surface area contributed by atoms with Crippen molar-refractivity contribution in [3.63, 3.8) is 0 Å². The van der Waals surface area contributed by atoms with E-state index in [9.17, 15) is 4.39 Å². The van der Waals surface area contributed by atoms with E-state index in [0.29, 0.717) is 11.5 Å². The summed E-state index contributed by atoms with van der Waals surface area (Å²) >= 11 is 0. The summed E-state index contributed by atoms with van der Waals surface area (Å²) in [5.41, 5.74) is 1.71. The van der Waals surface area contributed by atoms with Crippen LogP contribution in [-0.2, 0) is 6.42 Å². The molecule has 14 heavy (non-hydrogen) atoms. The van der Waals surface area contributed by atoms with E-state index in [1.807, 2.05) is 6.92 Å². The van der Waals surface area contributed by atoms with Crippen LogP contribution in [0.2, 0.25) is 0 Å². The summed E-state index contributed by atoms with van der Waals surface area (Å²) in [4.78, 5) is 11.2. The Bertz CT molecular complexity index is 419. The molecular weight excluding hydrogens is 181 g/mol. The second-order valence-electron chi connectivity index (χ2n) is 2.97. The van der Waals surface area contributed by atoms with E-state index in [1.54, 1.807) is 12.3 Å². The Morgan fingerprint density at radius 2 is 2.14 bits per heavy atom. The molecule has 2 heterocycles. The number of aryl methyl sites for hydroxylation is 1. The Morgan fingerprint density at radius 1 is 1.29 bits per heavy atom. The summed E-state index contributed by atoms with van der Waals surface area (Å²) in [6.07, 6.45) is 3.85. The molecule has 2 aromatic rings. The van der Waals surface area contributed by atoms with Crippen LogP contribution in [0.3, 0.4) is 0 Å². The fourth-order valence-corrected chi connectivity index (χ4v) is 1.18. The number of aromatic nitrogens is 3. The lowest BCUT2D eigenvalue weighted by molar-refractivity contribution is 0.621. The molecule has 0 bridgehead atoms. The maximum Gasteiger partial charge on any atom is 0.156 e. The van der Waals surface area contributed by atoms with Crippen LogP contribution >= 0.6 is 0 Å². The van der Waals surface area contributed by atoms with Gasteiger partial charge < -0.3 is 4.98 Å². The minimum Gasteiger partial charge on any atom is -0.341 e. The van der Waals surface area contributed by atoms with Gasteiger partial charge in [-0.15, -0.1) is 0 Å². The Morgan fingerprint density at radius 3 is 2.71 bits per heavy atom. The SMILES string of the molecule is CCc1cnc(-c2ccc(F)cn2)[nH]1. The number of imidazole rings is 1. The van der Waals surface area contributed by atoms with E-state index in [4.69, 9.17) is 0 Å². The quantitative estimate of drug-likeness (QED) is 0.790. The van der Waals surface area contributed by atoms with Crippen LogP contribution < -0.4 is 0 Å². The van der Waals surface area contributed by atoms with E-state index < -0.39 is 0 Å². The molecule has 0 saturated carbocycles. The summed E-state index contributed by atoms with van der Waals surface area (Å²) in [5, 5.41) is 0. The van der Waals surface area contributed by atoms with Gasteiger partial charge in [-0.25, -0.2) is 14.4 Å². The molecule has 2 aromatic heterocycles. The number of aromatic amines is 1. The molecule has 1 N–H and O–H groups in total. The van der Waals surface area contributed by atoms with Crippen molar-refractivity contribution in [2.45, 2.75) is 13.3 Å². The lowest BCUT2D eigenvalue weighted by Gasteiger charge is -1.94. The lowest BCUT2D eigenvalue weighted by atomic mass is 10.3. The fraction of sp³-hybridized carbons (Fsp3) is 0.200. The molecule has 2 rings (SSSR count). The molecule has 0 atom stereocenters. The zero-order valence-electron chi connectivity index (χ0n) is 7.79. The molecule has 0 saturated heterocycles. The molecule has 0 aromatic carbocycles. The molecular formula is C10H10FN3. The highest BCUT2D eigenvalue weighted by atomic mass is 19.1. The third kappa shape index (κ3) is 1.64. The van der Waals surface area contributed by atoms with Crippen LogP contribution in [0.25, 0.3) is 11.5 Å². The van der Waals surface area contributed by atoms with Crippen molar-refractivity contribution in [1.29, 1.82) is 0 Å². The highest BCUT2D eigenvalue weighted by Crippen LogP contribution is 2.12. The maximum atomic E-state index is 12.6. The smallest absolute Gasteiger partial charge is 0.156 e. The summed E-state index contributed by atoms with van der Waals surface area (Å²) in [6, 6.07) is 2.98. The molecule has 0 unspecified atom stereocenters. The van der Waals surface area contributed by atoms with E-state index in [-0.39, 0.29) is 5.82 Å². The first-order chi connectivity index (χ1) is 6.79. The van der Waals surface area contributed by atoms with Crippen LogP contribution in [0.4, 0.5) is 4.39 Å². The number of nitrogens with zero attached hydrogens (tertiary/aromatic N) is 2. The van der Waals surface area contributed by atoms with Crippen molar-refractivity contribution in [3.8, 4) is 11.5 Å². The Labute approximate surface area is 81.0 Å². The highest BCUT2D eigenvalue weighted by molar-refractivity contribution is 5.48. The van der Waals surface area contributed by atoms with Gasteiger partial charge >= 0.3 is 0 Å². The average molecular weight is 191 g/mol. The number of pyridine rings is 1. The summed E-state index contributed by atoms with van der Waals surface area (Å²) in [6.45, 7) is 2.04.